The Balaban J connectivity index is 1.22. The van der Waals surface area contributed by atoms with Crippen molar-refractivity contribution in [2.24, 2.45) is 17.8 Å². The van der Waals surface area contributed by atoms with E-state index in [-0.39, 0.29) is 41.4 Å². The number of rotatable bonds is 12. The number of benzene rings is 2. The Hall–Kier alpha value is -3.23. The molecule has 0 bridgehead atoms. The third-order valence-electron chi connectivity index (χ3n) is 9.01. The summed E-state index contributed by atoms with van der Waals surface area (Å²) in [6.07, 6.45) is 8.48. The minimum Gasteiger partial charge on any atom is -0.357 e. The van der Waals surface area contributed by atoms with Crippen LogP contribution in [0.1, 0.15) is 92.6 Å². The fourth-order valence-corrected chi connectivity index (χ4v) is 7.51. The van der Waals surface area contributed by atoms with E-state index < -0.39 is 12.0 Å². The van der Waals surface area contributed by atoms with E-state index in [0.29, 0.717) is 36.4 Å². The molecule has 0 unspecified atom stereocenters. The zero-order valence-corrected chi connectivity index (χ0v) is 27.1. The summed E-state index contributed by atoms with van der Waals surface area (Å²) in [6.45, 7) is 4.73. The van der Waals surface area contributed by atoms with Crippen LogP contribution in [0, 0.1) is 17.8 Å². The number of carbonyl (C=O) groups excluding carboxylic acids is 3. The molecule has 2 fully saturated rings. The Morgan fingerprint density at radius 1 is 0.977 bits per heavy atom. The quantitative estimate of drug-likeness (QED) is 0.181. The second-order valence-corrected chi connectivity index (χ2v) is 14.0. The molecule has 0 aliphatic heterocycles. The molecule has 1 heterocycles. The van der Waals surface area contributed by atoms with Gasteiger partial charge in [-0.25, -0.2) is 4.98 Å². The normalized spacial score (nSPS) is 22.4. The van der Waals surface area contributed by atoms with Crippen molar-refractivity contribution in [1.82, 2.24) is 15.6 Å². The van der Waals surface area contributed by atoms with E-state index in [0.717, 1.165) is 48.4 Å². The molecule has 1 aromatic heterocycles. The lowest BCUT2D eigenvalue weighted by molar-refractivity contribution is -0.132. The van der Waals surface area contributed by atoms with Gasteiger partial charge in [-0.2, -0.15) is 0 Å². The standard InChI is InChI=1S/C35H43ClN4O3S/c1-22(2)19-31(34(43)39-30-12-4-3-9-27(30)25-7-5-8-26(36)20-25)40-33(42)29-11-6-10-28(29)32(41)24-15-13-23(14-16-24)21-38-35-37-17-18-44-35/h5,7-8,13-18,20,22,27-31H,3-4,6,9-12,19,21H2,1-2H3,(H,37,38)(H,39,43)(H,40,42)/t27-,28+,29+,30+,31-/m0/s1. The molecule has 2 amide bonds. The second-order valence-electron chi connectivity index (χ2n) is 12.6. The lowest BCUT2D eigenvalue weighted by atomic mass is 9.80. The summed E-state index contributed by atoms with van der Waals surface area (Å²) in [5, 5.41) is 13.1. The number of carbonyl (C=O) groups is 3. The summed E-state index contributed by atoms with van der Waals surface area (Å²) in [7, 11) is 0. The lowest BCUT2D eigenvalue weighted by Gasteiger charge is -2.34. The summed E-state index contributed by atoms with van der Waals surface area (Å²) in [4.78, 5) is 45.2. The van der Waals surface area contributed by atoms with Gasteiger partial charge in [-0.1, -0.05) is 81.1 Å². The van der Waals surface area contributed by atoms with E-state index in [1.807, 2.05) is 47.8 Å². The van der Waals surface area contributed by atoms with Crippen molar-refractivity contribution in [3.8, 4) is 0 Å². The second kappa shape index (κ2) is 15.2. The van der Waals surface area contributed by atoms with Crippen LogP contribution in [0.4, 0.5) is 5.13 Å². The van der Waals surface area contributed by atoms with E-state index in [9.17, 15) is 14.4 Å². The number of hydrogen-bond donors (Lipinski definition) is 3. The maximum atomic E-state index is 13.7. The van der Waals surface area contributed by atoms with Crippen molar-refractivity contribution in [3.05, 3.63) is 81.8 Å². The summed E-state index contributed by atoms with van der Waals surface area (Å²) in [6, 6.07) is 14.8. The third-order valence-corrected chi connectivity index (χ3v) is 9.98. The van der Waals surface area contributed by atoms with Gasteiger partial charge in [-0.3, -0.25) is 14.4 Å². The number of nitrogens with zero attached hydrogens (tertiary/aromatic N) is 1. The highest BCUT2D eigenvalue weighted by Crippen LogP contribution is 2.36. The van der Waals surface area contributed by atoms with Crippen LogP contribution in [0.2, 0.25) is 5.02 Å². The Bertz CT molecular complexity index is 1410. The zero-order valence-electron chi connectivity index (χ0n) is 25.6. The van der Waals surface area contributed by atoms with Crippen LogP contribution < -0.4 is 16.0 Å². The van der Waals surface area contributed by atoms with Gasteiger partial charge in [0.15, 0.2) is 10.9 Å². The molecule has 3 aromatic rings. The molecule has 0 spiro atoms. The molecular weight excluding hydrogens is 592 g/mol. The topological polar surface area (TPSA) is 100 Å². The minimum absolute atomic E-state index is 0.00138. The van der Waals surface area contributed by atoms with E-state index in [1.165, 1.54) is 0 Å². The molecule has 234 valence electrons. The molecule has 0 saturated heterocycles. The van der Waals surface area contributed by atoms with E-state index in [4.69, 9.17) is 11.6 Å². The number of aromatic nitrogens is 1. The van der Waals surface area contributed by atoms with E-state index in [1.54, 1.807) is 17.5 Å². The molecule has 2 saturated carbocycles. The van der Waals surface area contributed by atoms with Crippen molar-refractivity contribution in [3.63, 3.8) is 0 Å². The van der Waals surface area contributed by atoms with Gasteiger partial charge in [0.1, 0.15) is 6.04 Å². The number of thiazole rings is 1. The van der Waals surface area contributed by atoms with Gasteiger partial charge in [-0.05, 0) is 61.3 Å². The summed E-state index contributed by atoms with van der Waals surface area (Å²) in [5.74, 6) is -0.764. The van der Waals surface area contributed by atoms with Crippen molar-refractivity contribution in [1.29, 1.82) is 0 Å². The van der Waals surface area contributed by atoms with Crippen molar-refractivity contribution < 1.29 is 14.4 Å². The summed E-state index contributed by atoms with van der Waals surface area (Å²) < 4.78 is 0. The Kier molecular flexibility index (Phi) is 11.1. The van der Waals surface area contributed by atoms with Crippen LogP contribution in [-0.4, -0.2) is 34.7 Å². The summed E-state index contributed by atoms with van der Waals surface area (Å²) >= 11 is 7.83. The molecule has 5 rings (SSSR count). The van der Waals surface area contributed by atoms with Crippen LogP contribution in [-0.2, 0) is 16.1 Å². The molecular formula is C35H43ClN4O3S. The number of halogens is 1. The predicted molar refractivity (Wildman–Crippen MR) is 177 cm³/mol. The maximum Gasteiger partial charge on any atom is 0.242 e. The molecule has 2 aromatic carbocycles. The van der Waals surface area contributed by atoms with Crippen LogP contribution >= 0.6 is 22.9 Å². The first-order valence-electron chi connectivity index (χ1n) is 15.9. The van der Waals surface area contributed by atoms with E-state index >= 15 is 0 Å². The monoisotopic (exact) mass is 634 g/mol. The number of Topliss-reactive ketones (excluding diaryl/α,β-unsaturated/α-hetero) is 1. The van der Waals surface area contributed by atoms with Gasteiger partial charge in [0.05, 0.1) is 0 Å². The molecule has 9 heteroatoms. The molecule has 2 aliphatic rings. The van der Waals surface area contributed by atoms with Gasteiger partial charge in [0.2, 0.25) is 11.8 Å². The van der Waals surface area contributed by atoms with Gasteiger partial charge < -0.3 is 16.0 Å². The largest absolute Gasteiger partial charge is 0.357 e. The fraction of sp³-hybridized carbons (Fsp3) is 0.486. The molecule has 7 nitrogen and oxygen atoms in total. The minimum atomic E-state index is -0.648. The van der Waals surface area contributed by atoms with Crippen molar-refractivity contribution in [2.45, 2.75) is 89.8 Å². The van der Waals surface area contributed by atoms with Crippen LogP contribution in [0.25, 0.3) is 0 Å². The van der Waals surface area contributed by atoms with Crippen molar-refractivity contribution in [2.75, 3.05) is 5.32 Å². The highest BCUT2D eigenvalue weighted by molar-refractivity contribution is 7.13. The zero-order chi connectivity index (χ0) is 31.1. The first-order chi connectivity index (χ1) is 21.3. The number of ketones is 1. The Labute approximate surface area is 269 Å². The van der Waals surface area contributed by atoms with E-state index in [2.05, 4.69) is 40.8 Å². The molecule has 2 aliphatic carbocycles. The van der Waals surface area contributed by atoms with Crippen LogP contribution in [0.15, 0.2) is 60.1 Å². The smallest absolute Gasteiger partial charge is 0.242 e. The predicted octanol–water partition coefficient (Wildman–Crippen LogP) is 7.38. The number of amides is 2. The van der Waals surface area contributed by atoms with Crippen LogP contribution in [0.5, 0.6) is 0 Å². The van der Waals surface area contributed by atoms with Gasteiger partial charge in [0.25, 0.3) is 0 Å². The Morgan fingerprint density at radius 3 is 2.48 bits per heavy atom. The summed E-state index contributed by atoms with van der Waals surface area (Å²) in [5.41, 5.74) is 2.81. The third kappa shape index (κ3) is 8.27. The maximum absolute atomic E-state index is 13.7. The number of nitrogens with one attached hydrogen (secondary N) is 3. The Morgan fingerprint density at radius 2 is 1.75 bits per heavy atom. The fourth-order valence-electron chi connectivity index (χ4n) is 6.78. The van der Waals surface area contributed by atoms with Crippen LogP contribution in [0.3, 0.4) is 0 Å². The van der Waals surface area contributed by atoms with Gasteiger partial charge in [-0.15, -0.1) is 11.3 Å². The number of hydrogen-bond acceptors (Lipinski definition) is 6. The van der Waals surface area contributed by atoms with Gasteiger partial charge >= 0.3 is 0 Å². The molecule has 44 heavy (non-hydrogen) atoms. The highest BCUT2D eigenvalue weighted by Gasteiger charge is 2.40. The number of anilines is 1. The first kappa shape index (κ1) is 32.2. The lowest BCUT2D eigenvalue weighted by Crippen LogP contribution is -2.53. The molecule has 5 atom stereocenters. The first-order valence-corrected chi connectivity index (χ1v) is 17.2. The van der Waals surface area contributed by atoms with Crippen molar-refractivity contribution >= 4 is 45.7 Å². The molecule has 0 radical (unpaired) electrons. The van der Waals surface area contributed by atoms with Gasteiger partial charge in [0, 0.05) is 52.5 Å². The SMILES string of the molecule is CC(C)C[C@H](NC(=O)[C@@H]1CCC[C@H]1C(=O)c1ccc(CNc2nccs2)cc1)C(=O)N[C@@H]1CCCC[C@H]1c1cccc(Cl)c1. The molecule has 3 N–H and O–H groups in total. The average molecular weight is 635 g/mol. The average Bonchev–Trinajstić information content (AvgIpc) is 3.73. The highest BCUT2D eigenvalue weighted by atomic mass is 35.5.